The highest BCUT2D eigenvalue weighted by molar-refractivity contribution is 6.74. The summed E-state index contributed by atoms with van der Waals surface area (Å²) in [6.45, 7) is 63.2. The van der Waals surface area contributed by atoms with Crippen LogP contribution in [0.3, 0.4) is 0 Å². The first kappa shape index (κ1) is 93.3. The summed E-state index contributed by atoms with van der Waals surface area (Å²) in [5.74, 6) is -4.08. The summed E-state index contributed by atoms with van der Waals surface area (Å²) >= 11 is 0. The highest BCUT2D eigenvalue weighted by Gasteiger charge is 2.53. The molecule has 0 aromatic carbocycles. The van der Waals surface area contributed by atoms with Gasteiger partial charge in [-0.05, 0) is 201 Å². The number of hydrogen-bond acceptors (Lipinski definition) is 20. The monoisotopic (exact) mass is 1480 g/mol. The van der Waals surface area contributed by atoms with Gasteiger partial charge in [0, 0.05) is 83.6 Å². The minimum Gasteiger partial charge on any atom is -0.456 e. The van der Waals surface area contributed by atoms with Crippen LogP contribution in [0.5, 0.6) is 0 Å². The van der Waals surface area contributed by atoms with E-state index in [1.165, 1.54) is 0 Å². The molecule has 0 aromatic rings. The van der Waals surface area contributed by atoms with E-state index in [1.54, 1.807) is 88.7 Å². The lowest BCUT2D eigenvalue weighted by Gasteiger charge is -2.48. The molecule has 4 aliphatic heterocycles. The van der Waals surface area contributed by atoms with Gasteiger partial charge in [0.05, 0.1) is 65.1 Å². The van der Waals surface area contributed by atoms with Crippen molar-refractivity contribution in [1.82, 2.24) is 9.80 Å². The van der Waals surface area contributed by atoms with Crippen LogP contribution in [0.25, 0.3) is 0 Å². The van der Waals surface area contributed by atoms with Crippen molar-refractivity contribution in [1.29, 1.82) is 0 Å². The van der Waals surface area contributed by atoms with Crippen LogP contribution in [0.15, 0.2) is 46.0 Å². The molecule has 3 N–H and O–H groups in total. The summed E-state index contributed by atoms with van der Waals surface area (Å²) in [5, 5.41) is 35.2. The van der Waals surface area contributed by atoms with Crippen LogP contribution >= 0.6 is 0 Å². The molecular formula is C80H148N2O18Si2. The first-order valence-corrected chi connectivity index (χ1v) is 43.6. The summed E-state index contributed by atoms with van der Waals surface area (Å²) in [7, 11) is 7.19. The van der Waals surface area contributed by atoms with Gasteiger partial charge in [0.2, 0.25) is 11.6 Å². The standard InChI is InChI=1S/C40H75NO9Si.C40H73NO9Si/c2*1-20-31(50-51(18,19)37(8,9)10)39(13,44)22-24(2)32(42)25(3)23-40(14,45-17)34(28(6)33-29(7)35(43)49-38(11,12)48-33)47-36-27(5)30(41(15)16)21-26(4)46-36/h22,25-28,30-32,34,36,42,44H,20-21,23H2,1-19H3;22,25-28,30-31,34,36,44H,20-21,23H2,1-19H3/b2*24-22+/t25-,26?,27?,28+,30?,31-,32?,34-,36?,39+,40-;25-,26?,27?,28+,30?,31-,34-,36?,39+,40-/m11/s1. The molecule has 0 amide bonds. The van der Waals surface area contributed by atoms with Gasteiger partial charge in [-0.3, -0.25) is 4.79 Å². The predicted molar refractivity (Wildman–Crippen MR) is 410 cm³/mol. The Hall–Kier alpha value is -2.92. The Morgan fingerprint density at radius 2 is 0.931 bits per heavy atom. The molecule has 0 bridgehead atoms. The zero-order chi connectivity index (χ0) is 79.3. The molecule has 22 heteroatoms. The zero-order valence-electron chi connectivity index (χ0n) is 71.1. The van der Waals surface area contributed by atoms with E-state index in [4.69, 9.17) is 56.2 Å². The van der Waals surface area contributed by atoms with E-state index in [0.29, 0.717) is 53.1 Å². The Bertz CT molecular complexity index is 2900. The van der Waals surface area contributed by atoms with E-state index >= 15 is 0 Å². The van der Waals surface area contributed by atoms with Crippen LogP contribution < -0.4 is 0 Å². The third kappa shape index (κ3) is 23.6. The largest absolute Gasteiger partial charge is 0.456 e. The first-order valence-electron chi connectivity index (χ1n) is 37.8. The van der Waals surface area contributed by atoms with E-state index in [2.05, 4.69) is 126 Å². The molecular weight excluding hydrogens is 1330 g/mol. The number of rotatable bonds is 32. The smallest absolute Gasteiger partial charge is 0.340 e. The number of ketones is 1. The van der Waals surface area contributed by atoms with Gasteiger partial charge in [-0.25, -0.2) is 9.59 Å². The SMILES string of the molecule is CC[C@@H](O[Si](C)(C)C(C)(C)C)[C@@](C)(O)/C=C(\C)C(=O)[C@H](C)C[C@@](C)(OC)[C@H](OC1OC(C)CC(N(C)C)C1C)[C@@H](C)C1=C(C)C(=O)OC(C)(C)O1.CC[C@@H](O[Si](C)(C)C(C)(C)C)[C@@](C)(O)/C=C(\C)C(O)[C@H](C)C[C@@](C)(OC)[C@H](OC1OC(C)CC(N(C)C)C1C)[C@@H](C)C1=C(C)C(=O)OC(C)(C)O1. The second kappa shape index (κ2) is 35.6. The highest BCUT2D eigenvalue weighted by Crippen LogP contribution is 2.47. The molecule has 2 saturated heterocycles. The topological polar surface area (TPSA) is 229 Å². The van der Waals surface area contributed by atoms with E-state index < -0.39 is 123 Å². The number of aliphatic hydroxyl groups is 3. The average Bonchev–Trinajstić information content (AvgIpc) is 0.775. The molecule has 0 saturated carbocycles. The van der Waals surface area contributed by atoms with E-state index in [1.807, 2.05) is 69.2 Å². The maximum atomic E-state index is 14.1. The Balaban J connectivity index is 0.000000530. The Morgan fingerprint density at radius 1 is 0.598 bits per heavy atom. The molecule has 0 spiro atoms. The summed E-state index contributed by atoms with van der Waals surface area (Å²) in [4.78, 5) is 44.5. The summed E-state index contributed by atoms with van der Waals surface area (Å²) in [6.07, 6.45) is 2.72. The number of ether oxygens (including phenoxy) is 10. The quantitative estimate of drug-likeness (QED) is 0.0246. The predicted octanol–water partition coefficient (Wildman–Crippen LogP) is 15.4. The number of esters is 2. The number of carbonyl (C=O) groups is 3. The van der Waals surface area contributed by atoms with Gasteiger partial charge in [-0.2, -0.15) is 0 Å². The molecule has 2 fully saturated rings. The van der Waals surface area contributed by atoms with Crippen molar-refractivity contribution in [3.05, 3.63) is 46.0 Å². The van der Waals surface area contributed by atoms with Gasteiger partial charge in [0.25, 0.3) is 0 Å². The van der Waals surface area contributed by atoms with Crippen LogP contribution in [-0.2, 0) is 70.6 Å². The van der Waals surface area contributed by atoms with Crippen molar-refractivity contribution < 1.29 is 85.9 Å². The number of carbonyl (C=O) groups excluding carboxylic acids is 3. The molecule has 20 nitrogen and oxygen atoms in total. The van der Waals surface area contributed by atoms with Crippen LogP contribution in [0.1, 0.15) is 232 Å². The van der Waals surface area contributed by atoms with Gasteiger partial charge >= 0.3 is 11.9 Å². The van der Waals surface area contributed by atoms with E-state index in [0.717, 1.165) is 12.8 Å². The lowest BCUT2D eigenvalue weighted by atomic mass is 9.78. The second-order valence-electron chi connectivity index (χ2n) is 36.2. The lowest BCUT2D eigenvalue weighted by molar-refractivity contribution is -0.285. The molecule has 4 heterocycles. The number of Topliss-reactive ketones (excluding diaryl/α,β-unsaturated/α-hetero) is 1. The molecule has 9 unspecified atom stereocenters. The fraction of sp³-hybridized carbons (Fsp3) is 0.863. The van der Waals surface area contributed by atoms with Gasteiger partial charge < -0.3 is 81.3 Å². The average molecular weight is 1480 g/mol. The number of cyclic esters (lactones) is 2. The molecule has 4 aliphatic rings. The van der Waals surface area contributed by atoms with Crippen molar-refractivity contribution in [2.24, 2.45) is 35.5 Å². The Morgan fingerprint density at radius 3 is 1.25 bits per heavy atom. The van der Waals surface area contributed by atoms with Crippen LogP contribution in [-0.4, -0.2) is 203 Å². The Kier molecular flexibility index (Phi) is 32.6. The minimum absolute atomic E-state index is 0.0111. The molecule has 21 atom stereocenters. The van der Waals surface area contributed by atoms with Crippen molar-refractivity contribution in [2.75, 3.05) is 42.4 Å². The number of allylic oxidation sites excluding steroid dienone is 1. The lowest BCUT2D eigenvalue weighted by Crippen LogP contribution is -2.56. The summed E-state index contributed by atoms with van der Waals surface area (Å²) < 4.78 is 76.6. The van der Waals surface area contributed by atoms with Crippen molar-refractivity contribution in [3.8, 4) is 0 Å². The maximum absolute atomic E-state index is 14.1. The van der Waals surface area contributed by atoms with Gasteiger partial charge in [0.15, 0.2) is 35.0 Å². The third-order valence-corrected chi connectivity index (χ3v) is 32.3. The molecule has 102 heavy (non-hydrogen) atoms. The van der Waals surface area contributed by atoms with E-state index in [9.17, 15) is 29.7 Å². The summed E-state index contributed by atoms with van der Waals surface area (Å²) in [5.41, 5.74) is -2.80. The highest BCUT2D eigenvalue weighted by atomic mass is 28.4. The number of aliphatic hydroxyl groups excluding tert-OH is 1. The number of nitrogens with zero attached hydrogens (tertiary/aromatic N) is 2. The fourth-order valence-corrected chi connectivity index (χ4v) is 17.9. The Labute approximate surface area is 621 Å². The fourth-order valence-electron chi connectivity index (χ4n) is 15.0. The van der Waals surface area contributed by atoms with Crippen molar-refractivity contribution >= 4 is 34.4 Å². The van der Waals surface area contributed by atoms with Gasteiger partial charge in [0.1, 0.15) is 22.7 Å². The number of hydrogen-bond donors (Lipinski definition) is 3. The van der Waals surface area contributed by atoms with E-state index in [-0.39, 0.29) is 64.3 Å². The molecule has 594 valence electrons. The van der Waals surface area contributed by atoms with Crippen LogP contribution in [0, 0.1) is 35.5 Å². The summed E-state index contributed by atoms with van der Waals surface area (Å²) in [6, 6.07) is 0.455. The van der Waals surface area contributed by atoms with Gasteiger partial charge in [-0.1, -0.05) is 96.9 Å². The van der Waals surface area contributed by atoms with Gasteiger partial charge in [-0.15, -0.1) is 0 Å². The molecule has 0 aromatic heterocycles. The first-order chi connectivity index (χ1) is 46.1. The minimum atomic E-state index is -2.19. The molecule has 4 rings (SSSR count). The number of methoxy groups -OCH3 is 2. The molecule has 0 radical (unpaired) electrons. The van der Waals surface area contributed by atoms with Crippen LogP contribution in [0.4, 0.5) is 0 Å². The van der Waals surface area contributed by atoms with Crippen molar-refractivity contribution in [2.45, 2.75) is 370 Å². The second-order valence-corrected chi connectivity index (χ2v) is 45.7. The van der Waals surface area contributed by atoms with Crippen molar-refractivity contribution in [3.63, 3.8) is 0 Å². The normalized spacial score (nSPS) is 28.6. The van der Waals surface area contributed by atoms with Crippen LogP contribution in [0.2, 0.25) is 36.3 Å². The molecule has 0 aliphatic carbocycles. The third-order valence-electron chi connectivity index (χ3n) is 23.3. The maximum Gasteiger partial charge on any atom is 0.340 e. The zero-order valence-corrected chi connectivity index (χ0v) is 73.1.